The molecule has 0 aliphatic carbocycles. The normalized spacial score (nSPS) is 15.4. The molecule has 0 aromatic heterocycles. The number of amides is 2. The van der Waals surface area contributed by atoms with Crippen molar-refractivity contribution in [2.45, 2.75) is 39.5 Å². The molecule has 6 heteroatoms. The fraction of sp³-hybridized carbons (Fsp3) is 0.619. The second-order valence-corrected chi connectivity index (χ2v) is 7.99. The van der Waals surface area contributed by atoms with Gasteiger partial charge >= 0.3 is 0 Å². The Morgan fingerprint density at radius 1 is 1.19 bits per heavy atom. The summed E-state index contributed by atoms with van der Waals surface area (Å²) in [6, 6.07) is 7.93. The second kappa shape index (κ2) is 9.85. The zero-order chi connectivity index (χ0) is 19.9. The summed E-state index contributed by atoms with van der Waals surface area (Å²) in [6.07, 6.45) is 0.293. The van der Waals surface area contributed by atoms with Crippen LogP contribution in [-0.4, -0.2) is 62.7 Å². The maximum atomic E-state index is 12.2. The lowest BCUT2D eigenvalue weighted by atomic mass is 9.85. The molecule has 1 N–H and O–H groups in total. The number of carbonyl (C=O) groups excluding carboxylic acids is 2. The van der Waals surface area contributed by atoms with Crippen molar-refractivity contribution in [2.75, 3.05) is 50.8 Å². The molecule has 2 amide bonds. The van der Waals surface area contributed by atoms with Crippen LogP contribution in [0.1, 0.15) is 39.7 Å². The van der Waals surface area contributed by atoms with E-state index in [0.717, 1.165) is 44.1 Å². The predicted molar refractivity (Wildman–Crippen MR) is 108 cm³/mol. The molecule has 0 unspecified atom stereocenters. The third-order valence-corrected chi connectivity index (χ3v) is 4.80. The van der Waals surface area contributed by atoms with Crippen LogP contribution in [0, 0.1) is 0 Å². The van der Waals surface area contributed by atoms with Gasteiger partial charge in [0.05, 0.1) is 13.2 Å². The van der Waals surface area contributed by atoms with Gasteiger partial charge in [0.15, 0.2) is 0 Å². The highest BCUT2D eigenvalue weighted by atomic mass is 16.5. The maximum Gasteiger partial charge on any atom is 0.223 e. The number of hydrogen-bond acceptors (Lipinski definition) is 4. The molecular weight excluding hydrogens is 342 g/mol. The minimum absolute atomic E-state index is 0.0252. The minimum Gasteiger partial charge on any atom is -0.379 e. The molecule has 27 heavy (non-hydrogen) atoms. The molecule has 1 fully saturated rings. The quantitative estimate of drug-likeness (QED) is 0.793. The largest absolute Gasteiger partial charge is 0.379 e. The number of para-hydroxylation sites is 1. The van der Waals surface area contributed by atoms with Gasteiger partial charge in [0.1, 0.15) is 0 Å². The molecule has 150 valence electrons. The fourth-order valence-electron chi connectivity index (χ4n) is 3.27. The van der Waals surface area contributed by atoms with Gasteiger partial charge in [-0.05, 0) is 17.0 Å². The molecule has 1 heterocycles. The zero-order valence-corrected chi connectivity index (χ0v) is 17.1. The van der Waals surface area contributed by atoms with Crippen molar-refractivity contribution in [3.8, 4) is 0 Å². The number of benzene rings is 1. The van der Waals surface area contributed by atoms with E-state index in [9.17, 15) is 9.59 Å². The molecule has 0 spiro atoms. The molecule has 1 saturated heterocycles. The molecule has 1 aliphatic heterocycles. The number of anilines is 1. The number of ether oxygens (including phenoxy) is 1. The summed E-state index contributed by atoms with van der Waals surface area (Å²) >= 11 is 0. The van der Waals surface area contributed by atoms with Gasteiger partial charge in [-0.2, -0.15) is 0 Å². The highest BCUT2D eigenvalue weighted by Gasteiger charge is 2.23. The molecule has 1 aromatic carbocycles. The first-order valence-corrected chi connectivity index (χ1v) is 9.73. The Labute approximate surface area is 162 Å². The molecule has 0 saturated carbocycles. The van der Waals surface area contributed by atoms with Crippen LogP contribution in [0.2, 0.25) is 0 Å². The Kier molecular flexibility index (Phi) is 7.80. The second-order valence-electron chi connectivity index (χ2n) is 7.99. The van der Waals surface area contributed by atoms with Crippen LogP contribution in [0.5, 0.6) is 0 Å². The number of carbonyl (C=O) groups is 2. The lowest BCUT2D eigenvalue weighted by Crippen LogP contribution is -2.42. The van der Waals surface area contributed by atoms with Gasteiger partial charge in [0, 0.05) is 51.8 Å². The summed E-state index contributed by atoms with van der Waals surface area (Å²) in [7, 11) is 0. The van der Waals surface area contributed by atoms with Crippen LogP contribution < -0.4 is 10.2 Å². The lowest BCUT2D eigenvalue weighted by Gasteiger charge is -2.29. The highest BCUT2D eigenvalue weighted by molar-refractivity contribution is 5.93. The summed E-state index contributed by atoms with van der Waals surface area (Å²) in [4.78, 5) is 28.5. The molecule has 1 aromatic rings. The number of rotatable bonds is 7. The van der Waals surface area contributed by atoms with Crippen LogP contribution in [0.3, 0.4) is 0 Å². The third-order valence-electron chi connectivity index (χ3n) is 4.80. The SMILES string of the molecule is CC(=O)N(CCC(=O)NCCN1CCOCC1)c1ccccc1C(C)(C)C. The number of nitrogens with zero attached hydrogens (tertiary/aromatic N) is 2. The Hall–Kier alpha value is -1.92. The molecule has 0 bridgehead atoms. The fourth-order valence-corrected chi connectivity index (χ4v) is 3.27. The highest BCUT2D eigenvalue weighted by Crippen LogP contribution is 2.32. The Morgan fingerprint density at radius 2 is 1.85 bits per heavy atom. The third kappa shape index (κ3) is 6.63. The molecule has 0 radical (unpaired) electrons. The lowest BCUT2D eigenvalue weighted by molar-refractivity contribution is -0.121. The van der Waals surface area contributed by atoms with E-state index < -0.39 is 0 Å². The molecule has 2 rings (SSSR count). The van der Waals surface area contributed by atoms with Crippen LogP contribution in [0.25, 0.3) is 0 Å². The molecule has 0 atom stereocenters. The first-order chi connectivity index (χ1) is 12.8. The topological polar surface area (TPSA) is 61.9 Å². The van der Waals surface area contributed by atoms with E-state index in [4.69, 9.17) is 4.74 Å². The van der Waals surface area contributed by atoms with Crippen LogP contribution in [0.15, 0.2) is 24.3 Å². The summed E-state index contributed by atoms with van der Waals surface area (Å²) in [5.74, 6) is -0.0736. The monoisotopic (exact) mass is 375 g/mol. The van der Waals surface area contributed by atoms with Crippen molar-refractivity contribution in [1.82, 2.24) is 10.2 Å². The molecule has 6 nitrogen and oxygen atoms in total. The molecular formula is C21H33N3O3. The van der Waals surface area contributed by atoms with E-state index in [1.165, 1.54) is 0 Å². The van der Waals surface area contributed by atoms with Crippen molar-refractivity contribution in [2.24, 2.45) is 0 Å². The first-order valence-electron chi connectivity index (χ1n) is 9.73. The first kappa shape index (κ1) is 21.4. The van der Waals surface area contributed by atoms with E-state index in [-0.39, 0.29) is 17.2 Å². The Bertz CT molecular complexity index is 634. The van der Waals surface area contributed by atoms with Gasteiger partial charge in [-0.1, -0.05) is 39.0 Å². The van der Waals surface area contributed by atoms with E-state index in [2.05, 4.69) is 31.0 Å². The van der Waals surface area contributed by atoms with E-state index in [1.807, 2.05) is 24.3 Å². The summed E-state index contributed by atoms with van der Waals surface area (Å²) in [5.41, 5.74) is 1.91. The number of nitrogens with one attached hydrogen (secondary N) is 1. The van der Waals surface area contributed by atoms with Crippen LogP contribution in [0.4, 0.5) is 5.69 Å². The van der Waals surface area contributed by atoms with Gasteiger partial charge in [0.25, 0.3) is 0 Å². The van der Waals surface area contributed by atoms with Crippen molar-refractivity contribution >= 4 is 17.5 Å². The van der Waals surface area contributed by atoms with Gasteiger partial charge in [-0.15, -0.1) is 0 Å². The standard InChI is InChI=1S/C21H33N3O3/c1-17(25)24(19-8-6-5-7-18(19)21(2,3)4)11-9-20(26)22-10-12-23-13-15-27-16-14-23/h5-8H,9-16H2,1-4H3,(H,22,26). The van der Waals surface area contributed by atoms with Gasteiger partial charge in [-0.3, -0.25) is 14.5 Å². The van der Waals surface area contributed by atoms with E-state index >= 15 is 0 Å². The van der Waals surface area contributed by atoms with Crippen LogP contribution in [-0.2, 0) is 19.7 Å². The van der Waals surface area contributed by atoms with E-state index in [0.29, 0.717) is 19.5 Å². The Morgan fingerprint density at radius 3 is 2.48 bits per heavy atom. The summed E-state index contributed by atoms with van der Waals surface area (Å²) in [6.45, 7) is 13.1. The molecule has 1 aliphatic rings. The maximum absolute atomic E-state index is 12.2. The van der Waals surface area contributed by atoms with Gasteiger partial charge in [0.2, 0.25) is 11.8 Å². The van der Waals surface area contributed by atoms with Gasteiger partial charge in [-0.25, -0.2) is 0 Å². The predicted octanol–water partition coefficient (Wildman–Crippen LogP) is 2.18. The summed E-state index contributed by atoms with van der Waals surface area (Å²) in [5, 5.41) is 2.96. The Balaban J connectivity index is 1.89. The van der Waals surface area contributed by atoms with E-state index in [1.54, 1.807) is 11.8 Å². The minimum atomic E-state index is -0.0787. The van der Waals surface area contributed by atoms with Gasteiger partial charge < -0.3 is 15.0 Å². The number of morpholine rings is 1. The van der Waals surface area contributed by atoms with Crippen molar-refractivity contribution in [3.63, 3.8) is 0 Å². The van der Waals surface area contributed by atoms with Crippen LogP contribution >= 0.6 is 0 Å². The van der Waals surface area contributed by atoms with Crippen molar-refractivity contribution in [3.05, 3.63) is 29.8 Å². The van der Waals surface area contributed by atoms with Crippen molar-refractivity contribution < 1.29 is 14.3 Å². The smallest absolute Gasteiger partial charge is 0.223 e. The zero-order valence-electron chi connectivity index (χ0n) is 17.1. The number of hydrogen-bond donors (Lipinski definition) is 1. The van der Waals surface area contributed by atoms with Crippen molar-refractivity contribution in [1.29, 1.82) is 0 Å². The average Bonchev–Trinajstić information content (AvgIpc) is 2.62. The average molecular weight is 376 g/mol. The summed E-state index contributed by atoms with van der Waals surface area (Å²) < 4.78 is 5.32.